The summed E-state index contributed by atoms with van der Waals surface area (Å²) in [7, 11) is 0. The van der Waals surface area contributed by atoms with Crippen LogP contribution in [-0.4, -0.2) is 26.2 Å². The van der Waals surface area contributed by atoms with Crippen molar-refractivity contribution in [3.8, 4) is 0 Å². The maximum absolute atomic E-state index is 3.88. The third kappa shape index (κ3) is 9.19. The van der Waals surface area contributed by atoms with E-state index in [0.717, 1.165) is 0 Å². The van der Waals surface area contributed by atoms with Gasteiger partial charge in [0.2, 0.25) is 0 Å². The van der Waals surface area contributed by atoms with Gasteiger partial charge in [-0.3, -0.25) is 0 Å². The fourth-order valence-electron chi connectivity index (χ4n) is 0. The van der Waals surface area contributed by atoms with Crippen LogP contribution in [0, 0.1) is 0 Å². The van der Waals surface area contributed by atoms with Crippen molar-refractivity contribution in [3.05, 3.63) is 0 Å². The molecule has 3 radical (unpaired) electrons. The molecule has 0 heterocycles. The molecule has 0 amide bonds. The molecule has 1 nitrogen and oxygen atoms in total. The summed E-state index contributed by atoms with van der Waals surface area (Å²) in [5.74, 6) is 0. The fraction of sp³-hybridized carbons (Fsp3) is 0. The molecule has 0 aliphatic carbocycles. The van der Waals surface area contributed by atoms with Crippen molar-refractivity contribution >= 4 is 58.7 Å². The summed E-state index contributed by atoms with van der Waals surface area (Å²) in [6.07, 6.45) is 0. The normalized spacial score (nSPS) is 4.50. The third-order valence-corrected chi connectivity index (χ3v) is 0. The SMILES string of the molecule is BrOBr.[Bi]. The Morgan fingerprint density at radius 2 is 1.25 bits per heavy atom. The smallest absolute Gasteiger partial charge is 0.115 e. The van der Waals surface area contributed by atoms with E-state index in [9.17, 15) is 0 Å². The van der Waals surface area contributed by atoms with Crippen molar-refractivity contribution in [3.63, 3.8) is 0 Å². The summed E-state index contributed by atoms with van der Waals surface area (Å²) in [5.41, 5.74) is 0. The quantitative estimate of drug-likeness (QED) is 0.571. The van der Waals surface area contributed by atoms with Gasteiger partial charge < -0.3 is 0 Å². The molecule has 0 aromatic rings. The topological polar surface area (TPSA) is 9.23 Å². The molecular formula is BiBr2O. The van der Waals surface area contributed by atoms with Crippen LogP contribution >= 0.6 is 32.5 Å². The minimum atomic E-state index is 0. The molecule has 0 aliphatic rings. The van der Waals surface area contributed by atoms with Crippen LogP contribution in [0.25, 0.3) is 0 Å². The summed E-state index contributed by atoms with van der Waals surface area (Å²) in [4.78, 5) is 0. The van der Waals surface area contributed by atoms with E-state index in [1.807, 2.05) is 0 Å². The van der Waals surface area contributed by atoms with Gasteiger partial charge >= 0.3 is 0 Å². The van der Waals surface area contributed by atoms with Gasteiger partial charge in [0.15, 0.2) is 0 Å². The van der Waals surface area contributed by atoms with E-state index in [-0.39, 0.29) is 26.2 Å². The average Bonchev–Trinajstić information content (AvgIpc) is 0.918. The molecule has 0 aromatic heterocycles. The molecule has 0 fully saturated rings. The van der Waals surface area contributed by atoms with Crippen LogP contribution in [0.4, 0.5) is 0 Å². The number of hydrogen-bond donors (Lipinski definition) is 0. The van der Waals surface area contributed by atoms with E-state index in [2.05, 4.69) is 35.4 Å². The second kappa shape index (κ2) is 8.84. The van der Waals surface area contributed by atoms with Crippen LogP contribution in [0.1, 0.15) is 0 Å². The van der Waals surface area contributed by atoms with E-state index in [4.69, 9.17) is 0 Å². The van der Waals surface area contributed by atoms with Crippen molar-refractivity contribution in [2.45, 2.75) is 0 Å². The predicted molar refractivity (Wildman–Crippen MR) is 24.7 cm³/mol. The molecule has 0 bridgehead atoms. The van der Waals surface area contributed by atoms with Crippen molar-refractivity contribution in [2.75, 3.05) is 0 Å². The number of rotatable bonds is 0. The molecule has 0 N–H and O–H groups in total. The first-order valence-electron chi connectivity index (χ1n) is 0.309. The maximum Gasteiger partial charge on any atom is 0.115 e. The summed E-state index contributed by atoms with van der Waals surface area (Å²) in [6.45, 7) is 0. The van der Waals surface area contributed by atoms with E-state index in [0.29, 0.717) is 0 Å². The maximum atomic E-state index is 3.88. The van der Waals surface area contributed by atoms with Gasteiger partial charge in [0.05, 0.1) is 0 Å². The van der Waals surface area contributed by atoms with Crippen molar-refractivity contribution < 1.29 is 2.92 Å². The van der Waals surface area contributed by atoms with Crippen LogP contribution in [0.2, 0.25) is 0 Å². The Bertz CT molecular complexity index is 6.00. The average molecular weight is 385 g/mol. The largest absolute Gasteiger partial charge is 0.230 e. The van der Waals surface area contributed by atoms with E-state index in [1.54, 1.807) is 0 Å². The first-order valence-corrected chi connectivity index (χ1v) is 1.60. The monoisotopic (exact) mass is 383 g/mol. The van der Waals surface area contributed by atoms with Gasteiger partial charge in [-0.2, -0.15) is 0 Å². The van der Waals surface area contributed by atoms with Gasteiger partial charge in [-0.05, 0) is 0 Å². The molecule has 0 unspecified atom stereocenters. The second-order valence-electron chi connectivity index (χ2n) is 0.0583. The minimum Gasteiger partial charge on any atom is -0.230 e. The van der Waals surface area contributed by atoms with Crippen LogP contribution < -0.4 is 0 Å². The van der Waals surface area contributed by atoms with E-state index in [1.165, 1.54) is 0 Å². The van der Waals surface area contributed by atoms with Gasteiger partial charge in [0.25, 0.3) is 0 Å². The number of halogens is 2. The van der Waals surface area contributed by atoms with Gasteiger partial charge in [-0.1, -0.05) is 0 Å². The molecule has 0 saturated heterocycles. The molecule has 0 aromatic carbocycles. The van der Waals surface area contributed by atoms with Crippen LogP contribution in [0.5, 0.6) is 0 Å². The standard InChI is InChI=1S/Bi.Br2O/c;1-3-2. The van der Waals surface area contributed by atoms with Crippen LogP contribution in [-0.2, 0) is 2.92 Å². The van der Waals surface area contributed by atoms with Crippen molar-refractivity contribution in [2.24, 2.45) is 0 Å². The summed E-state index contributed by atoms with van der Waals surface area (Å²) >= 11 is 5.12. The van der Waals surface area contributed by atoms with Crippen molar-refractivity contribution in [1.29, 1.82) is 0 Å². The molecule has 4 heteroatoms. The Labute approximate surface area is 61.1 Å². The molecule has 0 spiro atoms. The van der Waals surface area contributed by atoms with E-state index >= 15 is 0 Å². The van der Waals surface area contributed by atoms with Gasteiger partial charge in [-0.15, -0.1) is 0 Å². The van der Waals surface area contributed by atoms with Crippen LogP contribution in [0.3, 0.4) is 0 Å². The summed E-state index contributed by atoms with van der Waals surface area (Å²) in [5, 5.41) is 0. The second-order valence-corrected chi connectivity index (χ2v) is 1.57. The molecular weight excluding hydrogens is 385 g/mol. The summed E-state index contributed by atoms with van der Waals surface area (Å²) < 4.78 is 3.88. The molecule has 4 heavy (non-hydrogen) atoms. The Kier molecular flexibility index (Phi) is 20.5. The Balaban J connectivity index is 0. The zero-order valence-corrected chi connectivity index (χ0v) is 8.26. The van der Waals surface area contributed by atoms with Gasteiger partial charge in [0.1, 0.15) is 32.5 Å². The first kappa shape index (κ1) is 9.26. The Morgan fingerprint density at radius 3 is 1.25 bits per heavy atom. The van der Waals surface area contributed by atoms with E-state index < -0.39 is 0 Å². The number of hydrogen-bond acceptors (Lipinski definition) is 1. The van der Waals surface area contributed by atoms with Gasteiger partial charge in [0, 0.05) is 26.2 Å². The molecule has 0 saturated carbocycles. The van der Waals surface area contributed by atoms with Gasteiger partial charge in [-0.25, -0.2) is 2.92 Å². The minimum absolute atomic E-state index is 0. The zero-order valence-electron chi connectivity index (χ0n) is 1.61. The first-order chi connectivity index (χ1) is 1.41. The predicted octanol–water partition coefficient (Wildman–Crippen LogP) is 1.24. The fourth-order valence-corrected chi connectivity index (χ4v) is 0. The Morgan fingerprint density at radius 1 is 1.25 bits per heavy atom. The van der Waals surface area contributed by atoms with Crippen LogP contribution in [0.15, 0.2) is 0 Å². The Hall–Kier alpha value is 1.80. The molecule has 0 aliphatic heterocycles. The summed E-state index contributed by atoms with van der Waals surface area (Å²) in [6, 6.07) is 0. The zero-order chi connectivity index (χ0) is 2.71. The molecule has 25 valence electrons. The third-order valence-electron chi connectivity index (χ3n) is 0. The van der Waals surface area contributed by atoms with Crippen molar-refractivity contribution in [1.82, 2.24) is 0 Å². The molecule has 0 rings (SSSR count). The molecule has 0 atom stereocenters.